The number of aromatic nitrogens is 4. The van der Waals surface area contributed by atoms with Crippen LogP contribution in [0, 0.1) is 10.1 Å². The van der Waals surface area contributed by atoms with Gasteiger partial charge in [0.05, 0.1) is 4.92 Å². The zero-order chi connectivity index (χ0) is 20.3. The van der Waals surface area contributed by atoms with Gasteiger partial charge in [0.15, 0.2) is 0 Å². The van der Waals surface area contributed by atoms with Crippen LogP contribution >= 0.6 is 0 Å². The second kappa shape index (κ2) is 7.70. The molecule has 2 heterocycles. The quantitative estimate of drug-likeness (QED) is 0.494. The van der Waals surface area contributed by atoms with Crippen LogP contribution in [0.4, 0.5) is 17.1 Å². The van der Waals surface area contributed by atoms with Gasteiger partial charge in [0.25, 0.3) is 11.8 Å². The number of amides is 2. The minimum atomic E-state index is -0.722. The van der Waals surface area contributed by atoms with Crippen LogP contribution in [0.5, 0.6) is 0 Å². The van der Waals surface area contributed by atoms with Gasteiger partial charge in [-0.05, 0) is 31.2 Å². The number of nitro groups is 1. The molecule has 0 aliphatic heterocycles. The zero-order valence-electron chi connectivity index (χ0n) is 15.1. The number of benzene rings is 1. The van der Waals surface area contributed by atoms with E-state index in [2.05, 4.69) is 20.8 Å². The summed E-state index contributed by atoms with van der Waals surface area (Å²) < 4.78 is 2.75. The van der Waals surface area contributed by atoms with E-state index in [0.717, 1.165) is 6.20 Å². The molecule has 0 aliphatic rings. The Bertz CT molecular complexity index is 1050. The Morgan fingerprint density at radius 3 is 2.50 bits per heavy atom. The number of hydrogen-bond donors (Lipinski definition) is 2. The van der Waals surface area contributed by atoms with Gasteiger partial charge in [0.1, 0.15) is 11.9 Å². The monoisotopic (exact) mass is 383 g/mol. The van der Waals surface area contributed by atoms with Crippen molar-refractivity contribution in [1.29, 1.82) is 0 Å². The summed E-state index contributed by atoms with van der Waals surface area (Å²) in [6.07, 6.45) is 2.69. The first-order chi connectivity index (χ1) is 13.4. The SMILES string of the molecule is CCn1nccc1C(=O)Nc1cccc(NC(=O)c2nn(C)cc2[N+](=O)[O-])c1. The van der Waals surface area contributed by atoms with Gasteiger partial charge in [-0.2, -0.15) is 10.2 Å². The number of anilines is 2. The standard InChI is InChI=1S/C17H17N7O4/c1-3-23-13(7-8-18-23)16(25)19-11-5-4-6-12(9-11)20-17(26)15-14(24(27)28)10-22(2)21-15/h4-10H,3H2,1-2H3,(H,19,25)(H,20,26). The lowest BCUT2D eigenvalue weighted by molar-refractivity contribution is -0.385. The average molecular weight is 383 g/mol. The molecule has 1 aromatic carbocycles. The van der Waals surface area contributed by atoms with Gasteiger partial charge < -0.3 is 10.6 Å². The molecule has 0 fully saturated rings. The number of rotatable bonds is 6. The maximum absolute atomic E-state index is 12.4. The Labute approximate surface area is 159 Å². The molecule has 0 radical (unpaired) electrons. The fourth-order valence-electron chi connectivity index (χ4n) is 2.61. The summed E-state index contributed by atoms with van der Waals surface area (Å²) in [5.74, 6) is -1.07. The molecule has 0 saturated heterocycles. The van der Waals surface area contributed by atoms with Crippen molar-refractivity contribution in [3.63, 3.8) is 0 Å². The number of carbonyl (C=O) groups is 2. The summed E-state index contributed by atoms with van der Waals surface area (Å²) in [7, 11) is 1.49. The largest absolute Gasteiger partial charge is 0.321 e. The van der Waals surface area contributed by atoms with Crippen LogP contribution in [-0.4, -0.2) is 36.3 Å². The molecule has 11 heteroatoms. The predicted octanol–water partition coefficient (Wildman–Crippen LogP) is 2.05. The summed E-state index contributed by atoms with van der Waals surface area (Å²) in [5, 5.41) is 24.2. The maximum atomic E-state index is 12.4. The van der Waals surface area contributed by atoms with Gasteiger partial charge in [-0.25, -0.2) is 0 Å². The van der Waals surface area contributed by atoms with Gasteiger partial charge in [-0.1, -0.05) is 6.07 Å². The number of nitrogens with one attached hydrogen (secondary N) is 2. The molecule has 2 amide bonds. The molecule has 0 bridgehead atoms. The predicted molar refractivity (Wildman–Crippen MR) is 100 cm³/mol. The second-order valence-electron chi connectivity index (χ2n) is 5.81. The van der Waals surface area contributed by atoms with Crippen LogP contribution in [0.2, 0.25) is 0 Å². The first-order valence-corrected chi connectivity index (χ1v) is 8.31. The molecule has 28 heavy (non-hydrogen) atoms. The van der Waals surface area contributed by atoms with E-state index in [9.17, 15) is 19.7 Å². The smallest absolute Gasteiger partial charge is 0.320 e. The molecule has 2 aromatic heterocycles. The topological polar surface area (TPSA) is 137 Å². The Hall–Kier alpha value is -4.02. The van der Waals surface area contributed by atoms with Crippen molar-refractivity contribution in [2.45, 2.75) is 13.5 Å². The highest BCUT2D eigenvalue weighted by Gasteiger charge is 2.25. The van der Waals surface area contributed by atoms with Crippen LogP contribution in [0.15, 0.2) is 42.7 Å². The third-order valence-corrected chi connectivity index (χ3v) is 3.85. The van der Waals surface area contributed by atoms with E-state index in [1.165, 1.54) is 24.0 Å². The lowest BCUT2D eigenvalue weighted by Crippen LogP contribution is -2.18. The van der Waals surface area contributed by atoms with Gasteiger partial charge in [-0.15, -0.1) is 0 Å². The van der Waals surface area contributed by atoms with E-state index in [0.29, 0.717) is 23.6 Å². The molecular formula is C17H17N7O4. The van der Waals surface area contributed by atoms with Crippen molar-refractivity contribution >= 4 is 28.9 Å². The molecular weight excluding hydrogens is 366 g/mol. The minimum Gasteiger partial charge on any atom is -0.321 e. The fourth-order valence-corrected chi connectivity index (χ4v) is 2.61. The van der Waals surface area contributed by atoms with Gasteiger partial charge in [0, 0.05) is 31.2 Å². The minimum absolute atomic E-state index is 0.297. The third-order valence-electron chi connectivity index (χ3n) is 3.85. The van der Waals surface area contributed by atoms with Crippen molar-refractivity contribution in [1.82, 2.24) is 19.6 Å². The van der Waals surface area contributed by atoms with Crippen molar-refractivity contribution in [3.05, 3.63) is 64.2 Å². The summed E-state index contributed by atoms with van der Waals surface area (Å²) in [6, 6.07) is 8.03. The first kappa shape index (κ1) is 18.8. The fraction of sp³-hybridized carbons (Fsp3) is 0.176. The van der Waals surface area contributed by atoms with E-state index in [1.807, 2.05) is 6.92 Å². The van der Waals surface area contributed by atoms with E-state index in [4.69, 9.17) is 0 Å². The Balaban J connectivity index is 1.76. The van der Waals surface area contributed by atoms with Crippen LogP contribution in [0.3, 0.4) is 0 Å². The summed E-state index contributed by atoms with van der Waals surface area (Å²) in [6.45, 7) is 2.42. The van der Waals surface area contributed by atoms with Gasteiger partial charge >= 0.3 is 5.69 Å². The highest BCUT2D eigenvalue weighted by atomic mass is 16.6. The third kappa shape index (κ3) is 3.87. The molecule has 0 unspecified atom stereocenters. The molecule has 0 atom stereocenters. The van der Waals surface area contributed by atoms with Crippen molar-refractivity contribution in [2.24, 2.45) is 7.05 Å². The van der Waals surface area contributed by atoms with Crippen LogP contribution < -0.4 is 10.6 Å². The summed E-state index contributed by atoms with van der Waals surface area (Å²) >= 11 is 0. The van der Waals surface area contributed by atoms with Crippen LogP contribution in [-0.2, 0) is 13.6 Å². The average Bonchev–Trinajstić information content (AvgIpc) is 3.28. The highest BCUT2D eigenvalue weighted by molar-refractivity contribution is 6.06. The molecule has 11 nitrogen and oxygen atoms in total. The Morgan fingerprint density at radius 1 is 1.18 bits per heavy atom. The number of aryl methyl sites for hydroxylation is 2. The van der Waals surface area contributed by atoms with Crippen LogP contribution in [0.25, 0.3) is 0 Å². The van der Waals surface area contributed by atoms with Gasteiger partial charge in [-0.3, -0.25) is 29.1 Å². The Kier molecular flexibility index (Phi) is 5.16. The molecule has 3 aromatic rings. The van der Waals surface area contributed by atoms with E-state index in [-0.39, 0.29) is 11.6 Å². The van der Waals surface area contributed by atoms with E-state index < -0.39 is 16.5 Å². The zero-order valence-corrected chi connectivity index (χ0v) is 15.1. The second-order valence-corrected chi connectivity index (χ2v) is 5.81. The highest BCUT2D eigenvalue weighted by Crippen LogP contribution is 2.20. The molecule has 144 valence electrons. The van der Waals surface area contributed by atoms with Crippen molar-refractivity contribution in [2.75, 3.05) is 10.6 Å². The van der Waals surface area contributed by atoms with Crippen molar-refractivity contribution < 1.29 is 14.5 Å². The molecule has 0 aliphatic carbocycles. The summed E-state index contributed by atoms with van der Waals surface area (Å²) in [4.78, 5) is 35.1. The van der Waals surface area contributed by atoms with Crippen molar-refractivity contribution in [3.8, 4) is 0 Å². The summed E-state index contributed by atoms with van der Waals surface area (Å²) in [5.41, 5.74) is 0.515. The van der Waals surface area contributed by atoms with E-state index in [1.54, 1.807) is 28.9 Å². The normalized spacial score (nSPS) is 10.5. The van der Waals surface area contributed by atoms with Crippen LogP contribution in [0.1, 0.15) is 27.9 Å². The van der Waals surface area contributed by atoms with Gasteiger partial charge in [0.2, 0.25) is 5.69 Å². The molecule has 3 rings (SSSR count). The Morgan fingerprint density at radius 2 is 1.86 bits per heavy atom. The number of nitrogens with zero attached hydrogens (tertiary/aromatic N) is 5. The molecule has 2 N–H and O–H groups in total. The number of hydrogen-bond acceptors (Lipinski definition) is 6. The number of carbonyl (C=O) groups excluding carboxylic acids is 2. The molecule has 0 spiro atoms. The van der Waals surface area contributed by atoms with E-state index >= 15 is 0 Å². The lowest BCUT2D eigenvalue weighted by Gasteiger charge is -2.09. The maximum Gasteiger partial charge on any atom is 0.320 e. The first-order valence-electron chi connectivity index (χ1n) is 8.31. The lowest BCUT2D eigenvalue weighted by atomic mass is 10.2. The molecule has 0 saturated carbocycles.